The summed E-state index contributed by atoms with van der Waals surface area (Å²) in [5.74, 6) is 0. The first kappa shape index (κ1) is 15.5. The van der Waals surface area contributed by atoms with Gasteiger partial charge in [0.1, 0.15) is 0 Å². The second-order valence-electron chi connectivity index (χ2n) is 5.25. The number of rotatable bonds is 5. The van der Waals surface area contributed by atoms with Gasteiger partial charge in [-0.1, -0.05) is 24.3 Å². The second kappa shape index (κ2) is 6.78. The number of carbonyl (C=O) groups is 2. The van der Waals surface area contributed by atoms with E-state index < -0.39 is 6.09 Å². The maximum absolute atomic E-state index is 11.2. The molecule has 1 heterocycles. The molecule has 24 heavy (non-hydrogen) atoms. The Kier molecular flexibility index (Phi) is 4.38. The van der Waals surface area contributed by atoms with Gasteiger partial charge in [0, 0.05) is 23.6 Å². The van der Waals surface area contributed by atoms with Crippen molar-refractivity contribution in [3.05, 3.63) is 77.9 Å². The van der Waals surface area contributed by atoms with Crippen LogP contribution in [-0.4, -0.2) is 27.0 Å². The number of carboxylic acid groups (broad SMARTS) is 1. The standard InChI is InChI=1S/C18H15N3O3/c22-11-15-10-13(5-6-16(15)20-18(23)24)9-14-3-1-2-4-17(14)21-8-7-19-12-21/h1-8,10-12,20H,9H2,(H,23,24). The van der Waals surface area contributed by atoms with E-state index in [4.69, 9.17) is 5.11 Å². The fourth-order valence-corrected chi connectivity index (χ4v) is 2.58. The molecule has 6 nitrogen and oxygen atoms in total. The fourth-order valence-electron chi connectivity index (χ4n) is 2.58. The summed E-state index contributed by atoms with van der Waals surface area (Å²) in [6.45, 7) is 0. The van der Waals surface area contributed by atoms with Gasteiger partial charge in [-0.25, -0.2) is 9.78 Å². The number of hydrogen-bond acceptors (Lipinski definition) is 3. The zero-order valence-electron chi connectivity index (χ0n) is 12.7. The number of aromatic nitrogens is 2. The molecule has 0 fully saturated rings. The molecular formula is C18H15N3O3. The SMILES string of the molecule is O=Cc1cc(Cc2ccccc2-n2ccnc2)ccc1NC(=O)O. The molecule has 0 aliphatic heterocycles. The number of imidazole rings is 1. The van der Waals surface area contributed by atoms with E-state index in [1.165, 1.54) is 0 Å². The molecule has 1 aromatic heterocycles. The summed E-state index contributed by atoms with van der Waals surface area (Å²) in [4.78, 5) is 26.0. The highest BCUT2D eigenvalue weighted by Crippen LogP contribution is 2.21. The van der Waals surface area contributed by atoms with Gasteiger partial charge in [0.2, 0.25) is 0 Å². The topological polar surface area (TPSA) is 84.2 Å². The van der Waals surface area contributed by atoms with Crippen molar-refractivity contribution >= 4 is 18.1 Å². The lowest BCUT2D eigenvalue weighted by atomic mass is 10.0. The van der Waals surface area contributed by atoms with E-state index in [9.17, 15) is 9.59 Å². The van der Waals surface area contributed by atoms with E-state index in [-0.39, 0.29) is 5.69 Å². The van der Waals surface area contributed by atoms with Gasteiger partial charge < -0.3 is 9.67 Å². The van der Waals surface area contributed by atoms with Crippen LogP contribution in [-0.2, 0) is 6.42 Å². The van der Waals surface area contributed by atoms with E-state index in [0.717, 1.165) is 16.8 Å². The van der Waals surface area contributed by atoms with Gasteiger partial charge in [-0.05, 0) is 35.7 Å². The van der Waals surface area contributed by atoms with Crippen LogP contribution >= 0.6 is 0 Å². The van der Waals surface area contributed by atoms with Crippen LogP contribution in [0.15, 0.2) is 61.2 Å². The Morgan fingerprint density at radius 1 is 1.25 bits per heavy atom. The first-order valence-electron chi connectivity index (χ1n) is 7.31. The highest BCUT2D eigenvalue weighted by molar-refractivity contribution is 5.92. The summed E-state index contributed by atoms with van der Waals surface area (Å²) in [6.07, 6.45) is 5.38. The Morgan fingerprint density at radius 2 is 2.08 bits per heavy atom. The van der Waals surface area contributed by atoms with Crippen LogP contribution in [0.1, 0.15) is 21.5 Å². The molecule has 2 aromatic carbocycles. The van der Waals surface area contributed by atoms with Gasteiger partial charge in [0.05, 0.1) is 12.0 Å². The molecule has 1 amide bonds. The van der Waals surface area contributed by atoms with Crippen molar-refractivity contribution in [2.24, 2.45) is 0 Å². The number of anilines is 1. The smallest absolute Gasteiger partial charge is 0.409 e. The number of nitrogens with zero attached hydrogens (tertiary/aromatic N) is 2. The van der Waals surface area contributed by atoms with Crippen LogP contribution in [0.4, 0.5) is 10.5 Å². The van der Waals surface area contributed by atoms with Crippen LogP contribution in [0.2, 0.25) is 0 Å². The lowest BCUT2D eigenvalue weighted by Crippen LogP contribution is -2.09. The summed E-state index contributed by atoms with van der Waals surface area (Å²) < 4.78 is 1.93. The number of aldehydes is 1. The molecule has 0 radical (unpaired) electrons. The van der Waals surface area contributed by atoms with Crippen molar-refractivity contribution in [1.29, 1.82) is 0 Å². The lowest BCUT2D eigenvalue weighted by Gasteiger charge is -2.12. The summed E-state index contributed by atoms with van der Waals surface area (Å²) in [6, 6.07) is 13.0. The Bertz CT molecular complexity index is 873. The zero-order valence-corrected chi connectivity index (χ0v) is 12.7. The molecule has 0 aliphatic rings. The molecule has 3 rings (SSSR count). The van der Waals surface area contributed by atoms with Crippen molar-refractivity contribution in [3.63, 3.8) is 0 Å². The highest BCUT2D eigenvalue weighted by Gasteiger charge is 2.09. The minimum atomic E-state index is -1.20. The first-order valence-corrected chi connectivity index (χ1v) is 7.31. The van der Waals surface area contributed by atoms with Gasteiger partial charge in [-0.2, -0.15) is 0 Å². The summed E-state index contributed by atoms with van der Waals surface area (Å²) in [5, 5.41) is 11.0. The maximum atomic E-state index is 11.2. The maximum Gasteiger partial charge on any atom is 0.409 e. The molecule has 2 N–H and O–H groups in total. The van der Waals surface area contributed by atoms with E-state index in [1.807, 2.05) is 41.1 Å². The molecule has 0 saturated heterocycles. The molecule has 0 unspecified atom stereocenters. The fraction of sp³-hybridized carbons (Fsp3) is 0.0556. The van der Waals surface area contributed by atoms with Crippen LogP contribution in [0, 0.1) is 0 Å². The average molecular weight is 321 g/mol. The van der Waals surface area contributed by atoms with Gasteiger partial charge >= 0.3 is 6.09 Å². The molecule has 6 heteroatoms. The van der Waals surface area contributed by atoms with Crippen molar-refractivity contribution in [2.75, 3.05) is 5.32 Å². The van der Waals surface area contributed by atoms with Gasteiger partial charge in [0.15, 0.2) is 6.29 Å². The van der Waals surface area contributed by atoms with Gasteiger partial charge in [-0.3, -0.25) is 10.1 Å². The molecule has 0 atom stereocenters. The Labute approximate surface area is 138 Å². The van der Waals surface area contributed by atoms with Crippen molar-refractivity contribution in [3.8, 4) is 5.69 Å². The normalized spacial score (nSPS) is 10.3. The molecule has 120 valence electrons. The van der Waals surface area contributed by atoms with Crippen LogP contribution < -0.4 is 5.32 Å². The van der Waals surface area contributed by atoms with E-state index in [2.05, 4.69) is 10.3 Å². The Hall–Kier alpha value is -3.41. The largest absolute Gasteiger partial charge is 0.465 e. The predicted octanol–water partition coefficient (Wildman–Crippen LogP) is 3.37. The lowest BCUT2D eigenvalue weighted by molar-refractivity contribution is 0.112. The van der Waals surface area contributed by atoms with Crippen molar-refractivity contribution in [1.82, 2.24) is 9.55 Å². The molecule has 3 aromatic rings. The van der Waals surface area contributed by atoms with Gasteiger partial charge in [0.25, 0.3) is 0 Å². The monoisotopic (exact) mass is 321 g/mol. The molecule has 0 bridgehead atoms. The highest BCUT2D eigenvalue weighted by atomic mass is 16.4. The third-order valence-corrected chi connectivity index (χ3v) is 3.65. The van der Waals surface area contributed by atoms with Crippen LogP contribution in [0.25, 0.3) is 5.69 Å². The molecule has 0 aliphatic carbocycles. The predicted molar refractivity (Wildman–Crippen MR) is 89.8 cm³/mol. The number of para-hydroxylation sites is 1. The number of amides is 1. The average Bonchev–Trinajstić information content (AvgIpc) is 3.10. The zero-order chi connectivity index (χ0) is 16.9. The number of hydrogen-bond donors (Lipinski definition) is 2. The Balaban J connectivity index is 1.92. The third-order valence-electron chi connectivity index (χ3n) is 3.65. The van der Waals surface area contributed by atoms with Crippen molar-refractivity contribution < 1.29 is 14.7 Å². The van der Waals surface area contributed by atoms with Crippen LogP contribution in [0.5, 0.6) is 0 Å². The minimum absolute atomic E-state index is 0.282. The molecule has 0 saturated carbocycles. The first-order chi connectivity index (χ1) is 11.7. The quantitative estimate of drug-likeness (QED) is 0.706. The van der Waals surface area contributed by atoms with Gasteiger partial charge in [-0.15, -0.1) is 0 Å². The number of nitrogens with one attached hydrogen (secondary N) is 1. The minimum Gasteiger partial charge on any atom is -0.465 e. The molecular weight excluding hydrogens is 306 g/mol. The number of benzene rings is 2. The summed E-state index contributed by atoms with van der Waals surface area (Å²) >= 11 is 0. The molecule has 0 spiro atoms. The van der Waals surface area contributed by atoms with Crippen molar-refractivity contribution in [2.45, 2.75) is 6.42 Å². The van der Waals surface area contributed by atoms with Crippen LogP contribution in [0.3, 0.4) is 0 Å². The van der Waals surface area contributed by atoms with E-state index in [1.54, 1.807) is 24.7 Å². The summed E-state index contributed by atoms with van der Waals surface area (Å²) in [5.41, 5.74) is 3.60. The third kappa shape index (κ3) is 3.33. The van der Waals surface area contributed by atoms with E-state index >= 15 is 0 Å². The summed E-state index contributed by atoms with van der Waals surface area (Å²) in [7, 11) is 0. The second-order valence-corrected chi connectivity index (χ2v) is 5.25. The van der Waals surface area contributed by atoms with E-state index in [0.29, 0.717) is 18.3 Å². The Morgan fingerprint density at radius 3 is 2.79 bits per heavy atom. The number of carbonyl (C=O) groups excluding carboxylic acids is 1.